The van der Waals surface area contributed by atoms with Crippen LogP contribution in [-0.4, -0.2) is 58.1 Å². The second-order valence-corrected chi connectivity index (χ2v) is 7.08. The molecule has 4 rings (SSSR count). The first-order valence-electron chi connectivity index (χ1n) is 9.79. The lowest BCUT2D eigenvalue weighted by Crippen LogP contribution is -2.50. The Labute approximate surface area is 169 Å². The maximum atomic E-state index is 13.0. The summed E-state index contributed by atoms with van der Waals surface area (Å²) in [6.07, 6.45) is 3.84. The van der Waals surface area contributed by atoms with Crippen molar-refractivity contribution in [3.8, 4) is 11.4 Å². The van der Waals surface area contributed by atoms with Crippen molar-refractivity contribution in [1.29, 1.82) is 0 Å². The molecule has 1 aliphatic heterocycles. The van der Waals surface area contributed by atoms with Crippen LogP contribution in [0.5, 0.6) is 0 Å². The first kappa shape index (κ1) is 19.1. The van der Waals surface area contributed by atoms with Crippen LogP contribution in [-0.2, 0) is 6.54 Å². The number of carbonyl (C=O) groups is 1. The number of nitrogens with one attached hydrogen (secondary N) is 1. The fraction of sp³-hybridized carbons (Fsp3) is 0.273. The molecule has 0 radical (unpaired) electrons. The van der Waals surface area contributed by atoms with Crippen LogP contribution in [0.4, 0.5) is 14.9 Å². The minimum atomic E-state index is -0.315. The van der Waals surface area contributed by atoms with Crippen LogP contribution in [0.1, 0.15) is 0 Å². The molecule has 0 saturated carbocycles. The van der Waals surface area contributed by atoms with Crippen LogP contribution in [0.25, 0.3) is 11.4 Å². The van der Waals surface area contributed by atoms with Gasteiger partial charge in [0.25, 0.3) is 0 Å². The summed E-state index contributed by atoms with van der Waals surface area (Å²) < 4.78 is 15.2. The van der Waals surface area contributed by atoms with Gasteiger partial charge in [-0.05, 0) is 24.3 Å². The quantitative estimate of drug-likeness (QED) is 0.721. The molecule has 3 aromatic rings. The average molecular weight is 393 g/mol. The van der Waals surface area contributed by atoms with E-state index < -0.39 is 0 Å². The molecule has 6 nitrogen and oxygen atoms in total. The number of imidazole rings is 1. The molecule has 2 heterocycles. The van der Waals surface area contributed by atoms with Gasteiger partial charge in [-0.25, -0.2) is 14.2 Å². The van der Waals surface area contributed by atoms with E-state index in [2.05, 4.69) is 31.9 Å². The molecule has 1 saturated heterocycles. The fourth-order valence-corrected chi connectivity index (χ4v) is 3.50. The number of rotatable bonds is 5. The molecule has 0 aliphatic carbocycles. The van der Waals surface area contributed by atoms with Gasteiger partial charge in [-0.1, -0.05) is 30.3 Å². The molecule has 1 aliphatic rings. The molecule has 7 heteroatoms. The summed E-state index contributed by atoms with van der Waals surface area (Å²) in [5, 5.41) is 2.82. The fourth-order valence-electron chi connectivity index (χ4n) is 3.50. The predicted molar refractivity (Wildman–Crippen MR) is 111 cm³/mol. The Bertz CT molecular complexity index is 933. The van der Waals surface area contributed by atoms with Gasteiger partial charge >= 0.3 is 6.03 Å². The molecule has 1 N–H and O–H groups in total. The maximum absolute atomic E-state index is 13.0. The van der Waals surface area contributed by atoms with Gasteiger partial charge in [0.05, 0.1) is 0 Å². The van der Waals surface area contributed by atoms with Crippen molar-refractivity contribution in [3.05, 3.63) is 72.8 Å². The Hall–Kier alpha value is -3.19. The Morgan fingerprint density at radius 1 is 0.966 bits per heavy atom. The largest absolute Gasteiger partial charge is 0.330 e. The molecule has 0 atom stereocenters. The van der Waals surface area contributed by atoms with Crippen molar-refractivity contribution in [2.45, 2.75) is 6.54 Å². The van der Waals surface area contributed by atoms with E-state index in [0.717, 1.165) is 37.6 Å². The van der Waals surface area contributed by atoms with Crippen molar-refractivity contribution >= 4 is 11.7 Å². The number of piperazine rings is 1. The van der Waals surface area contributed by atoms with Gasteiger partial charge in [0.15, 0.2) is 0 Å². The van der Waals surface area contributed by atoms with E-state index in [1.54, 1.807) is 17.0 Å². The van der Waals surface area contributed by atoms with E-state index in [-0.39, 0.29) is 11.8 Å². The third-order valence-electron chi connectivity index (χ3n) is 5.16. The Balaban J connectivity index is 1.26. The standard InChI is InChI=1S/C22H24FN5O/c23-19-6-8-20(9-7-19)25-22(29)28-16-13-26(14-17-28)12-15-27-11-10-24-21(27)18-4-2-1-3-5-18/h1-11H,12-17H2,(H,25,29). The molecule has 0 spiro atoms. The molecule has 2 amide bonds. The SMILES string of the molecule is O=C(Nc1ccc(F)cc1)N1CCN(CCn2ccnc2-c2ccccc2)CC1. The number of amides is 2. The number of carbonyl (C=O) groups excluding carboxylic acids is 1. The molecule has 0 bridgehead atoms. The topological polar surface area (TPSA) is 53.4 Å². The second kappa shape index (κ2) is 8.87. The van der Waals surface area contributed by atoms with Gasteiger partial charge in [-0.2, -0.15) is 0 Å². The highest BCUT2D eigenvalue weighted by molar-refractivity contribution is 5.89. The number of urea groups is 1. The second-order valence-electron chi connectivity index (χ2n) is 7.08. The number of benzene rings is 2. The predicted octanol–water partition coefficient (Wildman–Crippen LogP) is 3.54. The van der Waals surface area contributed by atoms with Gasteiger partial charge < -0.3 is 14.8 Å². The lowest BCUT2D eigenvalue weighted by molar-refractivity contribution is 0.144. The van der Waals surface area contributed by atoms with E-state index in [9.17, 15) is 9.18 Å². The molecule has 150 valence electrons. The zero-order chi connectivity index (χ0) is 20.1. The van der Waals surface area contributed by atoms with E-state index in [1.807, 2.05) is 30.6 Å². The lowest BCUT2D eigenvalue weighted by Gasteiger charge is -2.34. The highest BCUT2D eigenvalue weighted by Crippen LogP contribution is 2.17. The van der Waals surface area contributed by atoms with E-state index in [4.69, 9.17) is 0 Å². The highest BCUT2D eigenvalue weighted by Gasteiger charge is 2.21. The van der Waals surface area contributed by atoms with Crippen LogP contribution in [0.2, 0.25) is 0 Å². The molecular weight excluding hydrogens is 369 g/mol. The van der Waals surface area contributed by atoms with Crippen molar-refractivity contribution in [3.63, 3.8) is 0 Å². The number of aromatic nitrogens is 2. The van der Waals surface area contributed by atoms with Gasteiger partial charge in [0, 0.05) is 62.9 Å². The zero-order valence-corrected chi connectivity index (χ0v) is 16.2. The average Bonchev–Trinajstić information content (AvgIpc) is 3.23. The Morgan fingerprint density at radius 2 is 1.69 bits per heavy atom. The number of halogens is 1. The normalized spacial score (nSPS) is 14.7. The molecule has 29 heavy (non-hydrogen) atoms. The van der Waals surface area contributed by atoms with Crippen LogP contribution >= 0.6 is 0 Å². The number of hydrogen-bond donors (Lipinski definition) is 1. The molecule has 0 unspecified atom stereocenters. The van der Waals surface area contributed by atoms with Crippen molar-refractivity contribution < 1.29 is 9.18 Å². The van der Waals surface area contributed by atoms with Crippen LogP contribution in [0, 0.1) is 5.82 Å². The summed E-state index contributed by atoms with van der Waals surface area (Å²) in [7, 11) is 0. The summed E-state index contributed by atoms with van der Waals surface area (Å²) >= 11 is 0. The summed E-state index contributed by atoms with van der Waals surface area (Å²) in [6, 6.07) is 15.8. The summed E-state index contributed by atoms with van der Waals surface area (Å²) in [6.45, 7) is 4.75. The number of hydrogen-bond acceptors (Lipinski definition) is 3. The van der Waals surface area contributed by atoms with E-state index in [0.29, 0.717) is 18.8 Å². The number of nitrogens with zero attached hydrogens (tertiary/aromatic N) is 4. The van der Waals surface area contributed by atoms with Gasteiger partial charge in [-0.15, -0.1) is 0 Å². The molecule has 1 aromatic heterocycles. The molecular formula is C22H24FN5O. The molecule has 2 aromatic carbocycles. The number of anilines is 1. The lowest BCUT2D eigenvalue weighted by atomic mass is 10.2. The van der Waals surface area contributed by atoms with Crippen LogP contribution < -0.4 is 5.32 Å². The molecule has 1 fully saturated rings. The van der Waals surface area contributed by atoms with Crippen molar-refractivity contribution in [2.75, 3.05) is 38.0 Å². The third kappa shape index (κ3) is 4.81. The monoisotopic (exact) mass is 393 g/mol. The van der Waals surface area contributed by atoms with E-state index in [1.165, 1.54) is 12.1 Å². The summed E-state index contributed by atoms with van der Waals surface area (Å²) in [5.41, 5.74) is 1.71. The van der Waals surface area contributed by atoms with Crippen LogP contribution in [0.3, 0.4) is 0 Å². The first-order valence-corrected chi connectivity index (χ1v) is 9.79. The highest BCUT2D eigenvalue weighted by atomic mass is 19.1. The minimum Gasteiger partial charge on any atom is -0.330 e. The summed E-state index contributed by atoms with van der Waals surface area (Å²) in [4.78, 5) is 21.0. The third-order valence-corrected chi connectivity index (χ3v) is 5.16. The van der Waals surface area contributed by atoms with Crippen LogP contribution in [0.15, 0.2) is 67.0 Å². The minimum absolute atomic E-state index is 0.141. The van der Waals surface area contributed by atoms with Crippen molar-refractivity contribution in [2.24, 2.45) is 0 Å². The maximum Gasteiger partial charge on any atom is 0.321 e. The first-order chi connectivity index (χ1) is 14.2. The van der Waals surface area contributed by atoms with Gasteiger partial charge in [0.1, 0.15) is 11.6 Å². The Morgan fingerprint density at radius 3 is 2.41 bits per heavy atom. The smallest absolute Gasteiger partial charge is 0.321 e. The summed E-state index contributed by atoms with van der Waals surface area (Å²) in [5.74, 6) is 0.660. The zero-order valence-electron chi connectivity index (χ0n) is 16.2. The van der Waals surface area contributed by atoms with E-state index >= 15 is 0 Å². The Kier molecular flexibility index (Phi) is 5.86. The van der Waals surface area contributed by atoms with Gasteiger partial charge in [-0.3, -0.25) is 4.90 Å². The van der Waals surface area contributed by atoms with Crippen molar-refractivity contribution in [1.82, 2.24) is 19.4 Å². The van der Waals surface area contributed by atoms with Gasteiger partial charge in [0.2, 0.25) is 0 Å².